The first-order valence-corrected chi connectivity index (χ1v) is 13.9. The fraction of sp³-hybridized carbons (Fsp3) is 0.321. The Balaban J connectivity index is 1.73. The van der Waals surface area contributed by atoms with Crippen LogP contribution >= 0.6 is 0 Å². The van der Waals surface area contributed by atoms with Gasteiger partial charge in [-0.05, 0) is 65.9 Å². The van der Waals surface area contributed by atoms with E-state index in [0.29, 0.717) is 6.54 Å². The van der Waals surface area contributed by atoms with Crippen LogP contribution < -0.4 is 15.4 Å². The van der Waals surface area contributed by atoms with Gasteiger partial charge >= 0.3 is 0 Å². The van der Waals surface area contributed by atoms with E-state index in [1.807, 2.05) is 18.2 Å². The molecule has 0 bridgehead atoms. The minimum atomic E-state index is -3.68. The lowest BCUT2D eigenvalue weighted by Gasteiger charge is -2.25. The van der Waals surface area contributed by atoms with Crippen molar-refractivity contribution < 1.29 is 27.1 Å². The molecule has 38 heavy (non-hydrogen) atoms. The van der Waals surface area contributed by atoms with Crippen LogP contribution in [0.3, 0.4) is 0 Å². The summed E-state index contributed by atoms with van der Waals surface area (Å²) in [5.41, 5.74) is 2.67. The first-order valence-electron chi connectivity index (χ1n) is 12.4. The molecular formula is C28H33F2N3O4S. The van der Waals surface area contributed by atoms with E-state index in [1.165, 1.54) is 29.8 Å². The van der Waals surface area contributed by atoms with Crippen molar-refractivity contribution in [3.63, 3.8) is 0 Å². The first kappa shape index (κ1) is 29.4. The number of sulfonamides is 1. The van der Waals surface area contributed by atoms with Crippen molar-refractivity contribution in [1.29, 1.82) is 0 Å². The van der Waals surface area contributed by atoms with E-state index in [4.69, 9.17) is 0 Å². The molecule has 0 aliphatic carbocycles. The summed E-state index contributed by atoms with van der Waals surface area (Å²) in [5.74, 6) is -2.08. The largest absolute Gasteiger partial charge is 0.390 e. The van der Waals surface area contributed by atoms with Gasteiger partial charge < -0.3 is 15.7 Å². The number of amides is 1. The Morgan fingerprint density at radius 1 is 0.921 bits per heavy atom. The minimum Gasteiger partial charge on any atom is -0.390 e. The van der Waals surface area contributed by atoms with Gasteiger partial charge in [0.25, 0.3) is 5.91 Å². The van der Waals surface area contributed by atoms with Gasteiger partial charge in [-0.2, -0.15) is 0 Å². The second-order valence-corrected chi connectivity index (χ2v) is 10.7. The Hall–Kier alpha value is -3.18. The molecule has 0 aliphatic heterocycles. The van der Waals surface area contributed by atoms with Gasteiger partial charge in [0, 0.05) is 31.3 Å². The normalized spacial score (nSPS) is 13.2. The third kappa shape index (κ3) is 8.42. The van der Waals surface area contributed by atoms with Crippen molar-refractivity contribution >= 4 is 15.9 Å². The van der Waals surface area contributed by atoms with Crippen molar-refractivity contribution in [1.82, 2.24) is 15.4 Å². The van der Waals surface area contributed by atoms with Crippen molar-refractivity contribution in [2.24, 2.45) is 0 Å². The Bertz CT molecular complexity index is 1310. The van der Waals surface area contributed by atoms with Gasteiger partial charge in [-0.1, -0.05) is 38.1 Å². The monoisotopic (exact) mass is 545 g/mol. The highest BCUT2D eigenvalue weighted by atomic mass is 32.2. The molecule has 1 amide bonds. The standard InChI is InChI=1S/C28H33F2N3O4S/c1-3-19-6-5-7-20(12-19)17-31-18-27(34)26(15-21-13-23(29)16-24(30)14-21)33-28(35)22-8-10-25(11-9-22)38(36,37)32-4-2/h5-14,16,26-27,31-32,34H,3-4,15,17-18H2,1-2H3,(H,33,35)/t26-,27-/m0/s1. The average Bonchev–Trinajstić information content (AvgIpc) is 2.88. The maximum absolute atomic E-state index is 13.8. The van der Waals surface area contributed by atoms with E-state index in [0.717, 1.165) is 30.2 Å². The van der Waals surface area contributed by atoms with Crippen molar-refractivity contribution in [2.45, 2.75) is 50.3 Å². The molecule has 0 aliphatic rings. The zero-order valence-corrected chi connectivity index (χ0v) is 22.2. The number of hydrogen-bond acceptors (Lipinski definition) is 5. The lowest BCUT2D eigenvalue weighted by atomic mass is 10.00. The predicted molar refractivity (Wildman–Crippen MR) is 142 cm³/mol. The average molecular weight is 546 g/mol. The van der Waals surface area contributed by atoms with Crippen LogP contribution in [0.1, 0.15) is 40.9 Å². The van der Waals surface area contributed by atoms with E-state index in [9.17, 15) is 27.1 Å². The summed E-state index contributed by atoms with van der Waals surface area (Å²) in [4.78, 5) is 13.0. The van der Waals surface area contributed by atoms with Crippen LogP contribution in [0.5, 0.6) is 0 Å². The molecule has 204 valence electrons. The fourth-order valence-electron chi connectivity index (χ4n) is 4.04. The highest BCUT2D eigenvalue weighted by Crippen LogP contribution is 2.14. The number of carbonyl (C=O) groups is 1. The summed E-state index contributed by atoms with van der Waals surface area (Å²) in [7, 11) is -3.68. The number of carbonyl (C=O) groups excluding carboxylic acids is 1. The van der Waals surface area contributed by atoms with Crippen molar-refractivity contribution in [2.75, 3.05) is 13.1 Å². The topological polar surface area (TPSA) is 108 Å². The van der Waals surface area contributed by atoms with Gasteiger partial charge in [-0.25, -0.2) is 21.9 Å². The Kier molecular flexibility index (Phi) is 10.5. The first-order chi connectivity index (χ1) is 18.1. The lowest BCUT2D eigenvalue weighted by molar-refractivity contribution is 0.0829. The molecule has 0 aromatic heterocycles. The molecule has 3 rings (SSSR count). The molecule has 0 saturated heterocycles. The maximum atomic E-state index is 13.8. The summed E-state index contributed by atoms with van der Waals surface area (Å²) >= 11 is 0. The minimum absolute atomic E-state index is 0.0130. The van der Waals surface area contributed by atoms with Gasteiger partial charge in [-0.3, -0.25) is 4.79 Å². The van der Waals surface area contributed by atoms with Crippen LogP contribution in [0.4, 0.5) is 8.78 Å². The Labute approximate surface area is 222 Å². The molecule has 0 unspecified atom stereocenters. The number of aliphatic hydroxyl groups excluding tert-OH is 1. The molecule has 7 nitrogen and oxygen atoms in total. The van der Waals surface area contributed by atoms with E-state index in [-0.39, 0.29) is 35.5 Å². The number of halogens is 2. The number of hydrogen-bond donors (Lipinski definition) is 4. The third-order valence-electron chi connectivity index (χ3n) is 6.00. The molecule has 10 heteroatoms. The van der Waals surface area contributed by atoms with Crippen LogP contribution in [0.2, 0.25) is 0 Å². The SMILES string of the molecule is CCNS(=O)(=O)c1ccc(C(=O)N[C@@H](Cc2cc(F)cc(F)c2)[C@@H](O)CNCc2cccc(CC)c2)cc1. The van der Waals surface area contributed by atoms with E-state index >= 15 is 0 Å². The molecule has 0 saturated carbocycles. The fourth-order valence-corrected chi connectivity index (χ4v) is 5.08. The Morgan fingerprint density at radius 3 is 2.21 bits per heavy atom. The molecule has 2 atom stereocenters. The second-order valence-electron chi connectivity index (χ2n) is 8.96. The van der Waals surface area contributed by atoms with Crippen LogP contribution in [-0.4, -0.2) is 44.7 Å². The zero-order valence-electron chi connectivity index (χ0n) is 21.4. The summed E-state index contributed by atoms with van der Waals surface area (Å²) in [5, 5.41) is 16.8. The van der Waals surface area contributed by atoms with Crippen molar-refractivity contribution in [3.05, 3.63) is 101 Å². The number of aryl methyl sites for hydroxylation is 1. The molecule has 4 N–H and O–H groups in total. The predicted octanol–water partition coefficient (Wildman–Crippen LogP) is 3.32. The highest BCUT2D eigenvalue weighted by molar-refractivity contribution is 7.89. The molecule has 0 radical (unpaired) electrons. The number of aliphatic hydroxyl groups is 1. The lowest BCUT2D eigenvalue weighted by Crippen LogP contribution is -2.48. The van der Waals surface area contributed by atoms with Gasteiger partial charge in [0.1, 0.15) is 11.6 Å². The molecule has 3 aromatic carbocycles. The zero-order chi connectivity index (χ0) is 27.7. The summed E-state index contributed by atoms with van der Waals surface area (Å²) < 4.78 is 54.3. The number of nitrogens with one attached hydrogen (secondary N) is 3. The highest BCUT2D eigenvalue weighted by Gasteiger charge is 2.23. The summed E-state index contributed by atoms with van der Waals surface area (Å²) in [6.07, 6.45) is -0.217. The van der Waals surface area contributed by atoms with Crippen LogP contribution in [0.25, 0.3) is 0 Å². The molecule has 3 aromatic rings. The van der Waals surface area contributed by atoms with Crippen LogP contribution in [0, 0.1) is 11.6 Å². The maximum Gasteiger partial charge on any atom is 0.251 e. The van der Waals surface area contributed by atoms with Gasteiger partial charge in [0.05, 0.1) is 17.0 Å². The Morgan fingerprint density at radius 2 is 1.58 bits per heavy atom. The van der Waals surface area contributed by atoms with Gasteiger partial charge in [0.15, 0.2) is 0 Å². The third-order valence-corrected chi connectivity index (χ3v) is 7.56. The van der Waals surface area contributed by atoms with E-state index in [1.54, 1.807) is 6.92 Å². The number of rotatable bonds is 13. The molecule has 0 heterocycles. The summed E-state index contributed by atoms with van der Waals surface area (Å²) in [6.45, 7) is 4.55. The summed E-state index contributed by atoms with van der Waals surface area (Å²) in [6, 6.07) is 15.5. The smallest absolute Gasteiger partial charge is 0.251 e. The van der Waals surface area contributed by atoms with Gasteiger partial charge in [-0.15, -0.1) is 0 Å². The molecule has 0 fully saturated rings. The molecule has 0 spiro atoms. The van der Waals surface area contributed by atoms with E-state index < -0.39 is 39.7 Å². The quantitative estimate of drug-likeness (QED) is 0.264. The second kappa shape index (κ2) is 13.6. The van der Waals surface area contributed by atoms with E-state index in [2.05, 4.69) is 28.3 Å². The number of benzene rings is 3. The van der Waals surface area contributed by atoms with Crippen LogP contribution in [0.15, 0.2) is 71.6 Å². The van der Waals surface area contributed by atoms with Crippen molar-refractivity contribution in [3.8, 4) is 0 Å². The van der Waals surface area contributed by atoms with Crippen LogP contribution in [-0.2, 0) is 29.4 Å². The molecular weight excluding hydrogens is 512 g/mol. The van der Waals surface area contributed by atoms with Gasteiger partial charge in [0.2, 0.25) is 10.0 Å².